The fourth-order valence-electron chi connectivity index (χ4n) is 3.43. The first-order chi connectivity index (χ1) is 11.2. The smallest absolute Gasteiger partial charge is 0.378 e. The van der Waals surface area contributed by atoms with Gasteiger partial charge in [-0.3, -0.25) is 4.79 Å². The molecule has 0 amide bonds. The van der Waals surface area contributed by atoms with Gasteiger partial charge >= 0.3 is 11.9 Å². The lowest BCUT2D eigenvalue weighted by Gasteiger charge is -2.33. The zero-order valence-electron chi connectivity index (χ0n) is 13.9. The number of hydrogen-bond acceptors (Lipinski definition) is 8. The number of thiazole rings is 1. The maximum atomic E-state index is 12.7. The molecule has 1 saturated carbocycles. The number of aryl methyl sites for hydroxylation is 1. The van der Waals surface area contributed by atoms with Crippen molar-refractivity contribution >= 4 is 29.0 Å². The highest BCUT2D eigenvalue weighted by Gasteiger charge is 2.76. The number of oxime groups is 1. The quantitative estimate of drug-likeness (QED) is 0.360. The maximum Gasteiger partial charge on any atom is 0.378 e. The summed E-state index contributed by atoms with van der Waals surface area (Å²) in [6.07, 6.45) is 0.934. The van der Waals surface area contributed by atoms with Gasteiger partial charge in [-0.25, -0.2) is 9.78 Å². The van der Waals surface area contributed by atoms with E-state index in [1.807, 2.05) is 19.9 Å². The molecule has 1 aromatic rings. The van der Waals surface area contributed by atoms with Crippen molar-refractivity contribution in [2.75, 3.05) is 0 Å². The number of nitriles is 1. The van der Waals surface area contributed by atoms with Gasteiger partial charge in [-0.05, 0) is 26.7 Å². The fraction of sp³-hybridized carbons (Fsp3) is 0.562. The van der Waals surface area contributed by atoms with Gasteiger partial charge in [0, 0.05) is 16.5 Å². The van der Waals surface area contributed by atoms with Gasteiger partial charge in [0.25, 0.3) is 0 Å². The summed E-state index contributed by atoms with van der Waals surface area (Å²) in [5.74, 6) is -1.14. The molecule has 2 bridgehead atoms. The average Bonchev–Trinajstić information content (AvgIpc) is 3.08. The van der Waals surface area contributed by atoms with Gasteiger partial charge in [0.15, 0.2) is 5.01 Å². The number of carbonyl (C=O) groups excluding carboxylic acids is 2. The van der Waals surface area contributed by atoms with Gasteiger partial charge in [0.1, 0.15) is 6.07 Å². The summed E-state index contributed by atoms with van der Waals surface area (Å²) in [6, 6.07) is 1.87. The van der Waals surface area contributed by atoms with Crippen molar-refractivity contribution in [3.63, 3.8) is 0 Å². The van der Waals surface area contributed by atoms with Crippen LogP contribution >= 0.6 is 11.3 Å². The third-order valence-electron chi connectivity index (χ3n) is 5.56. The number of ether oxygens (including phenoxy) is 1. The molecule has 1 saturated heterocycles. The molecule has 0 spiro atoms. The summed E-state index contributed by atoms with van der Waals surface area (Å²) in [6.45, 7) is 7.25. The van der Waals surface area contributed by atoms with E-state index >= 15 is 0 Å². The second-order valence-electron chi connectivity index (χ2n) is 6.90. The van der Waals surface area contributed by atoms with Gasteiger partial charge in [0.05, 0.1) is 5.41 Å². The zero-order chi connectivity index (χ0) is 17.8. The number of rotatable bonds is 3. The second kappa shape index (κ2) is 5.11. The van der Waals surface area contributed by atoms with Crippen LogP contribution in [-0.2, 0) is 19.2 Å². The minimum Gasteiger partial charge on any atom is -0.446 e. The van der Waals surface area contributed by atoms with E-state index in [4.69, 9.17) is 9.57 Å². The molecule has 2 atom stereocenters. The van der Waals surface area contributed by atoms with E-state index in [2.05, 4.69) is 10.1 Å². The Balaban J connectivity index is 1.87. The van der Waals surface area contributed by atoms with Crippen molar-refractivity contribution in [3.05, 3.63) is 16.1 Å². The largest absolute Gasteiger partial charge is 0.446 e. The van der Waals surface area contributed by atoms with E-state index < -0.39 is 28.4 Å². The molecule has 8 heteroatoms. The summed E-state index contributed by atoms with van der Waals surface area (Å²) in [4.78, 5) is 34.0. The van der Waals surface area contributed by atoms with Gasteiger partial charge in [-0.1, -0.05) is 19.0 Å². The molecular formula is C16H17N3O4S. The second-order valence-corrected chi connectivity index (χ2v) is 7.76. The lowest BCUT2D eigenvalue weighted by atomic mass is 9.66. The van der Waals surface area contributed by atoms with Crippen LogP contribution in [0.3, 0.4) is 0 Å². The topological polar surface area (TPSA) is 102 Å². The van der Waals surface area contributed by atoms with Crippen LogP contribution in [0.4, 0.5) is 0 Å². The average molecular weight is 347 g/mol. The minimum atomic E-state index is -1.36. The fourth-order valence-corrected chi connectivity index (χ4v) is 4.16. The molecule has 1 aliphatic carbocycles. The van der Waals surface area contributed by atoms with Crippen LogP contribution in [0.25, 0.3) is 0 Å². The summed E-state index contributed by atoms with van der Waals surface area (Å²) >= 11 is 1.24. The maximum absolute atomic E-state index is 12.7. The normalized spacial score (nSPS) is 30.8. The predicted molar refractivity (Wildman–Crippen MR) is 85.0 cm³/mol. The van der Waals surface area contributed by atoms with E-state index in [1.165, 1.54) is 11.3 Å². The number of hydrogen-bond donors (Lipinski definition) is 0. The first kappa shape index (κ1) is 16.6. The van der Waals surface area contributed by atoms with Crippen LogP contribution in [0.15, 0.2) is 10.5 Å². The number of fused-ring (bicyclic) bond motifs is 2. The van der Waals surface area contributed by atoms with E-state index in [9.17, 15) is 14.9 Å². The van der Waals surface area contributed by atoms with Crippen LogP contribution in [0.5, 0.6) is 0 Å². The van der Waals surface area contributed by atoms with Crippen LogP contribution in [0.1, 0.15) is 44.3 Å². The number of nitrogens with zero attached hydrogens (tertiary/aromatic N) is 3. The van der Waals surface area contributed by atoms with Gasteiger partial charge in [-0.15, -0.1) is 11.3 Å². The number of esters is 1. The Kier molecular flexibility index (Phi) is 3.53. The Morgan fingerprint density at radius 3 is 2.62 bits per heavy atom. The number of aromatic nitrogens is 1. The predicted octanol–water partition coefficient (Wildman–Crippen LogP) is 2.34. The van der Waals surface area contributed by atoms with E-state index in [1.54, 1.807) is 19.2 Å². The third-order valence-corrected chi connectivity index (χ3v) is 6.53. The summed E-state index contributed by atoms with van der Waals surface area (Å²) < 4.78 is 5.43. The highest BCUT2D eigenvalue weighted by atomic mass is 32.1. The summed E-state index contributed by atoms with van der Waals surface area (Å²) in [5, 5.41) is 15.0. The molecule has 24 heavy (non-hydrogen) atoms. The minimum absolute atomic E-state index is 0.0826. The SMILES string of the molecule is Cc1csc(C(C#N)=NOC(=O)C23CCC(C)(C(=O)O2)C3(C)C)n1. The molecule has 2 unspecified atom stereocenters. The van der Waals surface area contributed by atoms with Gasteiger partial charge < -0.3 is 9.57 Å². The first-order valence-electron chi connectivity index (χ1n) is 7.53. The standard InChI is InChI=1S/C16H17N3O4S/c1-9-8-24-11(18-9)10(7-17)19-23-13(21)16-6-5-15(4,12(20)22-16)14(16,2)3/h8H,5-6H2,1-4H3. The third kappa shape index (κ3) is 1.94. The zero-order valence-corrected chi connectivity index (χ0v) is 14.7. The van der Waals surface area contributed by atoms with Crippen molar-refractivity contribution in [2.24, 2.45) is 16.0 Å². The van der Waals surface area contributed by atoms with Crippen molar-refractivity contribution in [3.8, 4) is 6.07 Å². The molecule has 3 rings (SSSR count). The van der Waals surface area contributed by atoms with Crippen LogP contribution in [0, 0.1) is 29.1 Å². The molecule has 0 aromatic carbocycles. The Hall–Kier alpha value is -2.27. The molecule has 0 radical (unpaired) electrons. The summed E-state index contributed by atoms with van der Waals surface area (Å²) in [5.41, 5.74) is -2.13. The Bertz CT molecular complexity index is 806. The molecular weight excluding hydrogens is 330 g/mol. The molecule has 2 fully saturated rings. The molecule has 7 nitrogen and oxygen atoms in total. The highest BCUT2D eigenvalue weighted by molar-refractivity contribution is 7.12. The Morgan fingerprint density at radius 1 is 1.46 bits per heavy atom. The van der Waals surface area contributed by atoms with Crippen LogP contribution in [0.2, 0.25) is 0 Å². The van der Waals surface area contributed by atoms with Crippen molar-refractivity contribution in [1.82, 2.24) is 4.98 Å². The molecule has 0 N–H and O–H groups in total. The monoisotopic (exact) mass is 347 g/mol. The lowest BCUT2D eigenvalue weighted by molar-refractivity contribution is -0.183. The van der Waals surface area contributed by atoms with Crippen LogP contribution in [-0.4, -0.2) is 28.2 Å². The van der Waals surface area contributed by atoms with Crippen LogP contribution < -0.4 is 0 Å². The number of carbonyl (C=O) groups is 2. The Labute approximate surface area is 143 Å². The molecule has 2 heterocycles. The van der Waals surface area contributed by atoms with E-state index in [0.29, 0.717) is 17.8 Å². The Morgan fingerprint density at radius 2 is 2.17 bits per heavy atom. The molecule has 126 valence electrons. The lowest BCUT2D eigenvalue weighted by Crippen LogP contribution is -2.48. The van der Waals surface area contributed by atoms with Crippen molar-refractivity contribution in [1.29, 1.82) is 5.26 Å². The molecule has 1 aliphatic heterocycles. The van der Waals surface area contributed by atoms with Crippen molar-refractivity contribution < 1.29 is 19.2 Å². The highest BCUT2D eigenvalue weighted by Crippen LogP contribution is 2.65. The van der Waals surface area contributed by atoms with E-state index in [-0.39, 0.29) is 5.71 Å². The van der Waals surface area contributed by atoms with Crippen molar-refractivity contribution in [2.45, 2.75) is 46.1 Å². The first-order valence-corrected chi connectivity index (χ1v) is 8.41. The van der Waals surface area contributed by atoms with Gasteiger partial charge in [0.2, 0.25) is 11.3 Å². The van der Waals surface area contributed by atoms with E-state index in [0.717, 1.165) is 5.69 Å². The molecule has 2 aliphatic rings. The van der Waals surface area contributed by atoms with Gasteiger partial charge in [-0.2, -0.15) is 5.26 Å². The molecule has 1 aromatic heterocycles. The summed E-state index contributed by atoms with van der Waals surface area (Å²) in [7, 11) is 0.